The first-order valence-electron chi connectivity index (χ1n) is 22.1. The molecule has 3 aromatic heterocycles. The van der Waals surface area contributed by atoms with Crippen LogP contribution < -0.4 is 9.30 Å². The summed E-state index contributed by atoms with van der Waals surface area (Å²) >= 11 is 0. The predicted octanol–water partition coefficient (Wildman–Crippen LogP) is 14.4. The molecule has 6 aromatic carbocycles. The molecule has 0 aliphatic heterocycles. The first-order chi connectivity index (χ1) is 29.8. The van der Waals surface area contributed by atoms with Gasteiger partial charge in [-0.25, -0.2) is 4.98 Å². The van der Waals surface area contributed by atoms with Crippen LogP contribution in [0.5, 0.6) is 11.5 Å². The molecule has 9 aromatic rings. The molecule has 6 heteroatoms. The Labute approximate surface area is 394 Å². The van der Waals surface area contributed by atoms with Gasteiger partial charge in [-0.3, -0.25) is 4.57 Å². The van der Waals surface area contributed by atoms with Gasteiger partial charge in [0.15, 0.2) is 0 Å². The molecule has 5 nitrogen and oxygen atoms in total. The maximum atomic E-state index is 6.70. The van der Waals surface area contributed by atoms with E-state index in [2.05, 4.69) is 224 Å². The van der Waals surface area contributed by atoms with E-state index in [0.717, 1.165) is 55.6 Å². The van der Waals surface area contributed by atoms with Gasteiger partial charge in [-0.05, 0) is 90.4 Å². The van der Waals surface area contributed by atoms with Gasteiger partial charge in [-0.15, -0.1) is 29.7 Å². The summed E-state index contributed by atoms with van der Waals surface area (Å²) in [7, 11) is 0. The van der Waals surface area contributed by atoms with Crippen molar-refractivity contribution in [2.45, 2.75) is 105 Å². The smallest absolute Gasteiger partial charge is 0.268 e. The number of imidazole rings is 1. The topological polar surface area (TPSA) is 35.9 Å². The molecule has 0 atom stereocenters. The van der Waals surface area contributed by atoms with Crippen LogP contribution in [0.15, 0.2) is 134 Å². The van der Waals surface area contributed by atoms with Crippen LogP contribution in [0, 0.1) is 18.5 Å². The van der Waals surface area contributed by atoms with E-state index in [-0.39, 0.29) is 42.7 Å². The normalized spacial score (nSPS) is 12.6. The maximum Gasteiger partial charge on any atom is 0.268 e. The van der Waals surface area contributed by atoms with Gasteiger partial charge in [0.05, 0.1) is 16.7 Å². The summed E-state index contributed by atoms with van der Waals surface area (Å²) in [6.45, 7) is 27.2. The van der Waals surface area contributed by atoms with Crippen LogP contribution in [0.1, 0.15) is 105 Å². The predicted molar refractivity (Wildman–Crippen MR) is 260 cm³/mol. The van der Waals surface area contributed by atoms with Crippen LogP contribution in [0.25, 0.3) is 61.2 Å². The average Bonchev–Trinajstić information content (AvgIpc) is 3.78. The number of aromatic nitrogens is 4. The fourth-order valence-electron chi connectivity index (χ4n) is 8.71. The second-order valence-corrected chi connectivity index (χ2v) is 21.1. The number of hydrogen-bond acceptors (Lipinski definition) is 2. The standard InChI is InChI=1S/C58H58N4O.Pt/c1-55(2,3)40-26-23-38(24-27-40)39-25-30-50-52(33-39)60(37-61(50)54-47(57(7,8)9)20-16-21-48(54)58(10,11)12)42-17-15-18-43(35-42)63-44-28-29-46-45-19-13-14-22-49(45)62(51(46)36-44)53-34-41(31-32-59-53)56(4,5)6;/h13-34H,1-12H3;/q-2;. The molecule has 64 heavy (non-hydrogen) atoms. The molecule has 0 saturated carbocycles. The summed E-state index contributed by atoms with van der Waals surface area (Å²) in [4.78, 5) is 4.87. The van der Waals surface area contributed by atoms with Gasteiger partial charge in [0.1, 0.15) is 5.82 Å². The maximum absolute atomic E-state index is 6.70. The van der Waals surface area contributed by atoms with Gasteiger partial charge in [0.25, 0.3) is 6.33 Å². The fraction of sp³-hybridized carbons (Fsp3) is 0.276. The third-order valence-corrected chi connectivity index (χ3v) is 12.2. The van der Waals surface area contributed by atoms with Gasteiger partial charge in [-0.2, -0.15) is 18.2 Å². The first-order valence-corrected chi connectivity index (χ1v) is 22.1. The number of fused-ring (bicyclic) bond motifs is 4. The van der Waals surface area contributed by atoms with Crippen molar-refractivity contribution >= 4 is 32.8 Å². The average molecular weight is 1020 g/mol. The molecule has 0 aliphatic rings. The third kappa shape index (κ3) is 8.36. The summed E-state index contributed by atoms with van der Waals surface area (Å²) in [5.74, 6) is 2.03. The summed E-state index contributed by atoms with van der Waals surface area (Å²) in [5, 5.41) is 2.23. The minimum Gasteiger partial charge on any atom is -0.510 e. The fourth-order valence-corrected chi connectivity index (χ4v) is 8.71. The molecule has 0 radical (unpaired) electrons. The molecule has 0 spiro atoms. The molecule has 0 N–H and O–H groups in total. The molecule has 328 valence electrons. The van der Waals surface area contributed by atoms with E-state index in [0.29, 0.717) is 11.5 Å². The van der Waals surface area contributed by atoms with Crippen molar-refractivity contribution in [3.8, 4) is 39.8 Å². The van der Waals surface area contributed by atoms with Gasteiger partial charge < -0.3 is 13.9 Å². The van der Waals surface area contributed by atoms with Crippen molar-refractivity contribution < 1.29 is 30.4 Å². The Hall–Kier alpha value is -5.77. The van der Waals surface area contributed by atoms with Crippen LogP contribution in [-0.2, 0) is 42.7 Å². The zero-order valence-electron chi connectivity index (χ0n) is 39.2. The number of ether oxygens (including phenoxy) is 1. The van der Waals surface area contributed by atoms with Crippen molar-refractivity contribution in [1.29, 1.82) is 0 Å². The Morgan fingerprint density at radius 2 is 1.17 bits per heavy atom. The zero-order chi connectivity index (χ0) is 44.6. The van der Waals surface area contributed by atoms with Crippen LogP contribution in [0.4, 0.5) is 0 Å². The van der Waals surface area contributed by atoms with E-state index in [9.17, 15) is 0 Å². The molecule has 0 bridgehead atoms. The molecule has 0 aliphatic carbocycles. The van der Waals surface area contributed by atoms with Crippen LogP contribution >= 0.6 is 0 Å². The number of hydrogen-bond donors (Lipinski definition) is 0. The largest absolute Gasteiger partial charge is 0.510 e. The van der Waals surface area contributed by atoms with Crippen molar-refractivity contribution in [2.75, 3.05) is 0 Å². The number of rotatable bonds is 6. The van der Waals surface area contributed by atoms with Crippen LogP contribution in [-0.4, -0.2) is 14.1 Å². The quantitative estimate of drug-likeness (QED) is 0.123. The van der Waals surface area contributed by atoms with Gasteiger partial charge >= 0.3 is 0 Å². The third-order valence-electron chi connectivity index (χ3n) is 12.2. The molecule has 0 unspecified atom stereocenters. The summed E-state index contributed by atoms with van der Waals surface area (Å²) in [5.41, 5.74) is 13.2. The minimum atomic E-state index is -0.116. The molecular formula is C58H58N4OPt-2. The van der Waals surface area contributed by atoms with E-state index >= 15 is 0 Å². The van der Waals surface area contributed by atoms with Crippen molar-refractivity contribution in [2.24, 2.45) is 0 Å². The van der Waals surface area contributed by atoms with Crippen molar-refractivity contribution in [3.63, 3.8) is 0 Å². The Morgan fingerprint density at radius 3 is 1.84 bits per heavy atom. The second kappa shape index (κ2) is 16.3. The zero-order valence-corrected chi connectivity index (χ0v) is 41.5. The Morgan fingerprint density at radius 1 is 0.531 bits per heavy atom. The molecule has 0 saturated heterocycles. The molecule has 0 amide bonds. The van der Waals surface area contributed by atoms with E-state index in [1.54, 1.807) is 0 Å². The van der Waals surface area contributed by atoms with Gasteiger partial charge in [-0.1, -0.05) is 161 Å². The first kappa shape index (κ1) is 44.8. The summed E-state index contributed by atoms with van der Waals surface area (Å²) in [6, 6.07) is 52.7. The molecule has 3 heterocycles. The van der Waals surface area contributed by atoms with E-state index in [4.69, 9.17) is 9.72 Å². The molecule has 0 fully saturated rings. The van der Waals surface area contributed by atoms with Crippen LogP contribution in [0.3, 0.4) is 0 Å². The van der Waals surface area contributed by atoms with E-state index in [1.807, 2.05) is 24.4 Å². The molecule has 9 rings (SSSR count). The Balaban J connectivity index is 0.00000560. The summed E-state index contributed by atoms with van der Waals surface area (Å²) < 4.78 is 13.3. The van der Waals surface area contributed by atoms with Crippen molar-refractivity contribution in [3.05, 3.63) is 174 Å². The van der Waals surface area contributed by atoms with Gasteiger partial charge in [0, 0.05) is 44.3 Å². The number of nitrogens with zero attached hydrogens (tertiary/aromatic N) is 4. The number of pyridine rings is 1. The SMILES string of the molecule is CC(C)(C)c1ccc(-c2ccc3c(c2)n(-c2[c-]c(Oc4[c-]c5c(cc4)c4ccccc4n5-c4cc(C(C)(C)C)ccn4)ccc2)[c-][n+]3-c2c(C(C)(C)C)cccc2C(C)(C)C)cc1.[Pt]. The van der Waals surface area contributed by atoms with Crippen LogP contribution in [0.2, 0.25) is 0 Å². The number of benzene rings is 6. The summed E-state index contributed by atoms with van der Waals surface area (Å²) in [6.07, 6.45) is 5.76. The Kier molecular flexibility index (Phi) is 11.4. The molecular weight excluding hydrogens is 964 g/mol. The second-order valence-electron chi connectivity index (χ2n) is 21.1. The van der Waals surface area contributed by atoms with E-state index in [1.165, 1.54) is 27.8 Å². The number of para-hydroxylation sites is 2. The Bertz CT molecular complexity index is 3150. The minimum absolute atomic E-state index is 0. The monoisotopic (exact) mass is 1020 g/mol. The van der Waals surface area contributed by atoms with E-state index < -0.39 is 0 Å². The van der Waals surface area contributed by atoms with Crippen molar-refractivity contribution in [1.82, 2.24) is 14.1 Å². The van der Waals surface area contributed by atoms with Gasteiger partial charge in [0.2, 0.25) is 0 Å².